The number of aromatic nitrogens is 3. The van der Waals surface area contributed by atoms with E-state index in [0.717, 1.165) is 18.5 Å². The van der Waals surface area contributed by atoms with Crippen molar-refractivity contribution in [3.05, 3.63) is 63.8 Å². The minimum absolute atomic E-state index is 0.102. The second-order valence-electron chi connectivity index (χ2n) is 7.03. The SMILES string of the molecule is Cc1c[nH]c(=O)n1-c1ccc(C(=O)N2CCCC(C(=O)Nc3nccs3)C2)cc1. The molecule has 150 valence electrons. The lowest BCUT2D eigenvalue weighted by Crippen LogP contribution is -2.43. The van der Waals surface area contributed by atoms with E-state index < -0.39 is 0 Å². The first-order valence-corrected chi connectivity index (χ1v) is 10.3. The van der Waals surface area contributed by atoms with E-state index in [1.807, 2.05) is 6.92 Å². The number of aryl methyl sites for hydroxylation is 1. The number of benzene rings is 1. The maximum absolute atomic E-state index is 12.9. The molecule has 0 bridgehead atoms. The number of likely N-dealkylation sites (tertiary alicyclic amines) is 1. The molecular weight excluding hydrogens is 390 g/mol. The van der Waals surface area contributed by atoms with Crippen LogP contribution in [0.4, 0.5) is 5.13 Å². The van der Waals surface area contributed by atoms with Crippen LogP contribution in [-0.4, -0.2) is 44.3 Å². The van der Waals surface area contributed by atoms with Gasteiger partial charge in [0.25, 0.3) is 5.91 Å². The molecule has 2 N–H and O–H groups in total. The molecular formula is C20H21N5O3S. The van der Waals surface area contributed by atoms with Gasteiger partial charge in [-0.15, -0.1) is 11.3 Å². The number of H-pyrrole nitrogens is 1. The Labute approximate surface area is 171 Å². The van der Waals surface area contributed by atoms with Crippen molar-refractivity contribution in [1.82, 2.24) is 19.4 Å². The van der Waals surface area contributed by atoms with Crippen LogP contribution in [-0.2, 0) is 4.79 Å². The van der Waals surface area contributed by atoms with Gasteiger partial charge in [0.05, 0.1) is 11.6 Å². The van der Waals surface area contributed by atoms with Crippen LogP contribution in [0.1, 0.15) is 28.9 Å². The first-order valence-electron chi connectivity index (χ1n) is 9.40. The largest absolute Gasteiger partial charge is 0.338 e. The Bertz CT molecular complexity index is 1070. The number of anilines is 1. The van der Waals surface area contributed by atoms with Crippen LogP contribution >= 0.6 is 11.3 Å². The molecule has 1 fully saturated rings. The second kappa shape index (κ2) is 8.04. The molecule has 0 saturated carbocycles. The lowest BCUT2D eigenvalue weighted by Gasteiger charge is -2.32. The number of imidazole rings is 1. The van der Waals surface area contributed by atoms with Gasteiger partial charge in [-0.2, -0.15) is 0 Å². The third-order valence-corrected chi connectivity index (χ3v) is 5.76. The second-order valence-corrected chi connectivity index (χ2v) is 7.93. The Hall–Kier alpha value is -3.20. The van der Waals surface area contributed by atoms with E-state index in [1.165, 1.54) is 11.3 Å². The molecule has 2 amide bonds. The molecule has 4 rings (SSSR count). The predicted octanol–water partition coefficient (Wildman–Crippen LogP) is 2.42. The summed E-state index contributed by atoms with van der Waals surface area (Å²) in [7, 11) is 0. The minimum Gasteiger partial charge on any atom is -0.338 e. The number of hydrogen-bond acceptors (Lipinski definition) is 5. The van der Waals surface area contributed by atoms with Crippen LogP contribution in [0, 0.1) is 12.8 Å². The fourth-order valence-electron chi connectivity index (χ4n) is 3.58. The fourth-order valence-corrected chi connectivity index (χ4v) is 4.11. The highest BCUT2D eigenvalue weighted by molar-refractivity contribution is 7.13. The lowest BCUT2D eigenvalue weighted by atomic mass is 9.96. The summed E-state index contributed by atoms with van der Waals surface area (Å²) in [6.07, 6.45) is 4.81. The van der Waals surface area contributed by atoms with Gasteiger partial charge in [0, 0.05) is 42.1 Å². The van der Waals surface area contributed by atoms with Crippen molar-refractivity contribution in [3.8, 4) is 5.69 Å². The van der Waals surface area contributed by atoms with Crippen LogP contribution < -0.4 is 11.0 Å². The number of thiazole rings is 1. The zero-order valence-corrected chi connectivity index (χ0v) is 16.7. The summed E-state index contributed by atoms with van der Waals surface area (Å²) >= 11 is 1.37. The Morgan fingerprint density at radius 1 is 1.28 bits per heavy atom. The van der Waals surface area contributed by atoms with E-state index in [2.05, 4.69) is 15.3 Å². The molecule has 3 heterocycles. The van der Waals surface area contributed by atoms with Crippen molar-refractivity contribution in [1.29, 1.82) is 0 Å². The van der Waals surface area contributed by atoms with Crippen LogP contribution in [0.3, 0.4) is 0 Å². The number of aromatic amines is 1. The van der Waals surface area contributed by atoms with E-state index in [-0.39, 0.29) is 23.4 Å². The summed E-state index contributed by atoms with van der Waals surface area (Å²) in [4.78, 5) is 45.8. The van der Waals surface area contributed by atoms with E-state index in [9.17, 15) is 14.4 Å². The van der Waals surface area contributed by atoms with Crippen LogP contribution in [0.5, 0.6) is 0 Å². The highest BCUT2D eigenvalue weighted by Gasteiger charge is 2.29. The summed E-state index contributed by atoms with van der Waals surface area (Å²) < 4.78 is 1.55. The number of carbonyl (C=O) groups excluding carboxylic acids is 2. The third-order valence-electron chi connectivity index (χ3n) is 5.07. The van der Waals surface area contributed by atoms with Gasteiger partial charge in [-0.25, -0.2) is 9.78 Å². The average Bonchev–Trinajstić information content (AvgIpc) is 3.37. The predicted molar refractivity (Wildman–Crippen MR) is 110 cm³/mol. The van der Waals surface area contributed by atoms with Gasteiger partial charge in [0.15, 0.2) is 5.13 Å². The molecule has 3 aromatic rings. The van der Waals surface area contributed by atoms with E-state index in [0.29, 0.717) is 29.5 Å². The van der Waals surface area contributed by atoms with Gasteiger partial charge in [-0.05, 0) is 44.0 Å². The van der Waals surface area contributed by atoms with Crippen LogP contribution in [0.2, 0.25) is 0 Å². The van der Waals surface area contributed by atoms with Crippen LogP contribution in [0.15, 0.2) is 46.8 Å². The highest BCUT2D eigenvalue weighted by atomic mass is 32.1. The molecule has 1 aliphatic rings. The number of piperidine rings is 1. The van der Waals surface area contributed by atoms with Gasteiger partial charge in [-0.1, -0.05) is 0 Å². The Morgan fingerprint density at radius 2 is 2.07 bits per heavy atom. The van der Waals surface area contributed by atoms with Crippen molar-refractivity contribution in [2.75, 3.05) is 18.4 Å². The molecule has 2 aromatic heterocycles. The Kier molecular flexibility index (Phi) is 5.30. The third kappa shape index (κ3) is 4.00. The maximum atomic E-state index is 12.9. The summed E-state index contributed by atoms with van der Waals surface area (Å²) in [5.74, 6) is -0.464. The number of nitrogens with zero attached hydrogens (tertiary/aromatic N) is 3. The van der Waals surface area contributed by atoms with Gasteiger partial charge >= 0.3 is 5.69 Å². The minimum atomic E-state index is -0.253. The maximum Gasteiger partial charge on any atom is 0.330 e. The Balaban J connectivity index is 1.45. The van der Waals surface area contributed by atoms with Crippen LogP contribution in [0.25, 0.3) is 5.69 Å². The fraction of sp³-hybridized carbons (Fsp3) is 0.300. The summed E-state index contributed by atoms with van der Waals surface area (Å²) in [5, 5.41) is 5.20. The average molecular weight is 411 g/mol. The molecule has 9 heteroatoms. The topological polar surface area (TPSA) is 100 Å². The highest BCUT2D eigenvalue weighted by Crippen LogP contribution is 2.22. The Morgan fingerprint density at radius 3 is 2.72 bits per heavy atom. The number of nitrogens with one attached hydrogen (secondary N) is 2. The molecule has 1 unspecified atom stereocenters. The van der Waals surface area contributed by atoms with Gasteiger partial charge in [0.1, 0.15) is 0 Å². The first-order chi connectivity index (χ1) is 14.0. The number of amides is 2. The normalized spacial score (nSPS) is 16.6. The van der Waals surface area contributed by atoms with Crippen molar-refractivity contribution in [2.45, 2.75) is 19.8 Å². The van der Waals surface area contributed by atoms with Gasteiger partial charge in [-0.3, -0.25) is 14.2 Å². The van der Waals surface area contributed by atoms with E-state index in [1.54, 1.807) is 51.5 Å². The van der Waals surface area contributed by atoms with Gasteiger partial charge < -0.3 is 15.2 Å². The van der Waals surface area contributed by atoms with Crippen molar-refractivity contribution >= 4 is 28.3 Å². The van der Waals surface area contributed by atoms with Crippen molar-refractivity contribution in [2.24, 2.45) is 5.92 Å². The lowest BCUT2D eigenvalue weighted by molar-refractivity contribution is -0.121. The molecule has 1 aromatic carbocycles. The molecule has 1 saturated heterocycles. The first kappa shape index (κ1) is 19.1. The molecule has 1 atom stereocenters. The standard InChI is InChI=1S/C20H21N5O3S/c1-13-11-22-20(28)25(13)16-6-4-14(5-7-16)18(27)24-9-2-3-15(12-24)17(26)23-19-21-8-10-29-19/h4-8,10-11,15H,2-3,9,12H2,1H3,(H,22,28)(H,21,23,26). The molecule has 0 spiro atoms. The monoisotopic (exact) mass is 411 g/mol. The smallest absolute Gasteiger partial charge is 0.330 e. The zero-order chi connectivity index (χ0) is 20.4. The van der Waals surface area contributed by atoms with Crippen molar-refractivity contribution in [3.63, 3.8) is 0 Å². The number of carbonyl (C=O) groups is 2. The quantitative estimate of drug-likeness (QED) is 0.689. The molecule has 1 aliphatic heterocycles. The summed E-state index contributed by atoms with van der Waals surface area (Å²) in [5.41, 5.74) is 1.81. The van der Waals surface area contributed by atoms with E-state index in [4.69, 9.17) is 0 Å². The molecule has 8 nitrogen and oxygen atoms in total. The number of rotatable bonds is 4. The molecule has 29 heavy (non-hydrogen) atoms. The summed E-state index contributed by atoms with van der Waals surface area (Å²) in [6, 6.07) is 6.95. The van der Waals surface area contributed by atoms with Crippen molar-refractivity contribution < 1.29 is 9.59 Å². The number of hydrogen-bond donors (Lipinski definition) is 2. The van der Waals surface area contributed by atoms with Gasteiger partial charge in [0.2, 0.25) is 5.91 Å². The zero-order valence-electron chi connectivity index (χ0n) is 15.9. The van der Waals surface area contributed by atoms with E-state index >= 15 is 0 Å². The molecule has 0 radical (unpaired) electrons. The molecule has 0 aliphatic carbocycles. The summed E-state index contributed by atoms with van der Waals surface area (Å²) in [6.45, 7) is 2.84.